The highest BCUT2D eigenvalue weighted by Crippen LogP contribution is 2.07. The molecule has 0 spiro atoms. The summed E-state index contributed by atoms with van der Waals surface area (Å²) in [5.74, 6) is -0.789. The first-order valence-electron chi connectivity index (χ1n) is 3.62. The van der Waals surface area contributed by atoms with Crippen molar-refractivity contribution in [2.24, 2.45) is 5.73 Å². The molecule has 0 saturated carbocycles. The molecule has 2 amide bonds. The molecule has 5 heteroatoms. The van der Waals surface area contributed by atoms with Crippen molar-refractivity contribution in [3.8, 4) is 0 Å². The number of hydrogen-bond donors (Lipinski definition) is 2. The lowest BCUT2D eigenvalue weighted by Gasteiger charge is -2.01. The molecule has 1 rings (SSSR count). The van der Waals surface area contributed by atoms with E-state index in [1.807, 2.05) is 0 Å². The summed E-state index contributed by atoms with van der Waals surface area (Å²) < 4.78 is 0. The highest BCUT2D eigenvalue weighted by Gasteiger charge is 2.02. The van der Waals surface area contributed by atoms with Gasteiger partial charge in [-0.1, -0.05) is 0 Å². The van der Waals surface area contributed by atoms with Crippen LogP contribution in [0.1, 0.15) is 17.3 Å². The van der Waals surface area contributed by atoms with Crippen LogP contribution in [0.3, 0.4) is 0 Å². The molecule has 0 atom stereocenters. The van der Waals surface area contributed by atoms with Crippen LogP contribution < -0.4 is 11.1 Å². The highest BCUT2D eigenvalue weighted by molar-refractivity contribution is 5.95. The Morgan fingerprint density at radius 1 is 1.46 bits per heavy atom. The summed E-state index contributed by atoms with van der Waals surface area (Å²) in [7, 11) is 0. The van der Waals surface area contributed by atoms with Gasteiger partial charge in [0.15, 0.2) is 0 Å². The summed E-state index contributed by atoms with van der Waals surface area (Å²) in [5, 5.41) is 2.49. The Labute approximate surface area is 75.0 Å². The zero-order chi connectivity index (χ0) is 9.84. The van der Waals surface area contributed by atoms with E-state index in [2.05, 4.69) is 10.3 Å². The fourth-order valence-electron chi connectivity index (χ4n) is 0.846. The molecule has 68 valence electrons. The number of nitrogens with zero attached hydrogens (tertiary/aromatic N) is 1. The first-order valence-corrected chi connectivity index (χ1v) is 3.62. The number of nitrogens with one attached hydrogen (secondary N) is 1. The molecular weight excluding hydrogens is 170 g/mol. The number of primary amides is 1. The maximum absolute atomic E-state index is 10.7. The summed E-state index contributed by atoms with van der Waals surface area (Å²) in [6, 6.07) is 1.47. The molecule has 0 aliphatic carbocycles. The van der Waals surface area contributed by atoms with Gasteiger partial charge in [-0.15, -0.1) is 0 Å². The van der Waals surface area contributed by atoms with Crippen molar-refractivity contribution >= 4 is 17.5 Å². The van der Waals surface area contributed by atoms with E-state index in [0.717, 1.165) is 0 Å². The number of aromatic nitrogens is 1. The topological polar surface area (TPSA) is 85.1 Å². The van der Waals surface area contributed by atoms with Gasteiger partial charge >= 0.3 is 0 Å². The van der Waals surface area contributed by atoms with Crippen LogP contribution in [-0.4, -0.2) is 16.8 Å². The van der Waals surface area contributed by atoms with Gasteiger partial charge in [0, 0.05) is 13.1 Å². The molecule has 0 aliphatic rings. The van der Waals surface area contributed by atoms with Gasteiger partial charge in [0.25, 0.3) is 0 Å². The molecule has 5 nitrogen and oxygen atoms in total. The van der Waals surface area contributed by atoms with E-state index in [-0.39, 0.29) is 11.5 Å². The number of anilines is 1. The van der Waals surface area contributed by atoms with Crippen molar-refractivity contribution in [1.82, 2.24) is 4.98 Å². The molecule has 13 heavy (non-hydrogen) atoms. The second-order valence-electron chi connectivity index (χ2n) is 2.51. The van der Waals surface area contributed by atoms with Crippen molar-refractivity contribution in [2.75, 3.05) is 5.32 Å². The van der Waals surface area contributed by atoms with Crippen LogP contribution in [-0.2, 0) is 4.79 Å². The van der Waals surface area contributed by atoms with E-state index < -0.39 is 5.91 Å². The van der Waals surface area contributed by atoms with E-state index in [0.29, 0.717) is 5.69 Å². The molecule has 0 radical (unpaired) electrons. The fourth-order valence-corrected chi connectivity index (χ4v) is 0.846. The van der Waals surface area contributed by atoms with Crippen LogP contribution >= 0.6 is 0 Å². The predicted molar refractivity (Wildman–Crippen MR) is 47.1 cm³/mol. The second-order valence-corrected chi connectivity index (χ2v) is 2.51. The maximum atomic E-state index is 10.7. The van der Waals surface area contributed by atoms with Crippen molar-refractivity contribution in [2.45, 2.75) is 6.92 Å². The van der Waals surface area contributed by atoms with Gasteiger partial charge in [0.05, 0.1) is 17.4 Å². The van der Waals surface area contributed by atoms with E-state index in [1.54, 1.807) is 0 Å². The summed E-state index contributed by atoms with van der Waals surface area (Å²) in [4.78, 5) is 25.1. The molecule has 3 N–H and O–H groups in total. The van der Waals surface area contributed by atoms with Crippen molar-refractivity contribution in [1.29, 1.82) is 0 Å². The van der Waals surface area contributed by atoms with E-state index in [4.69, 9.17) is 5.73 Å². The number of carbonyl (C=O) groups excluding carboxylic acids is 2. The van der Waals surface area contributed by atoms with E-state index in [1.165, 1.54) is 25.4 Å². The highest BCUT2D eigenvalue weighted by atomic mass is 16.1. The number of rotatable bonds is 2. The zero-order valence-corrected chi connectivity index (χ0v) is 7.07. The van der Waals surface area contributed by atoms with Gasteiger partial charge in [-0.3, -0.25) is 14.6 Å². The van der Waals surface area contributed by atoms with Crippen molar-refractivity contribution in [3.05, 3.63) is 24.0 Å². The van der Waals surface area contributed by atoms with Crippen LogP contribution in [0.4, 0.5) is 5.69 Å². The molecule has 0 fully saturated rings. The van der Waals surface area contributed by atoms with Gasteiger partial charge < -0.3 is 11.1 Å². The first kappa shape index (κ1) is 9.18. The quantitative estimate of drug-likeness (QED) is 0.677. The first-order chi connectivity index (χ1) is 6.09. The Morgan fingerprint density at radius 3 is 2.69 bits per heavy atom. The van der Waals surface area contributed by atoms with E-state index >= 15 is 0 Å². The minimum absolute atomic E-state index is 0.219. The van der Waals surface area contributed by atoms with Crippen LogP contribution in [0.2, 0.25) is 0 Å². The molecule has 0 unspecified atom stereocenters. The molecule has 0 saturated heterocycles. The summed E-state index contributed by atoms with van der Waals surface area (Å²) >= 11 is 0. The third-order valence-electron chi connectivity index (χ3n) is 1.34. The number of amides is 2. The Balaban J connectivity index is 2.91. The van der Waals surface area contributed by atoms with Gasteiger partial charge in [0.1, 0.15) is 0 Å². The lowest BCUT2D eigenvalue weighted by atomic mass is 10.2. The third kappa shape index (κ3) is 2.55. The van der Waals surface area contributed by atoms with Gasteiger partial charge in [0.2, 0.25) is 11.8 Å². The van der Waals surface area contributed by atoms with Crippen LogP contribution in [0, 0.1) is 0 Å². The van der Waals surface area contributed by atoms with Crippen LogP contribution in [0.25, 0.3) is 0 Å². The molecule has 0 aromatic carbocycles. The average Bonchev–Trinajstić information content (AvgIpc) is 2.03. The molecule has 1 aromatic rings. The lowest BCUT2D eigenvalue weighted by molar-refractivity contribution is -0.114. The number of hydrogen-bond acceptors (Lipinski definition) is 3. The van der Waals surface area contributed by atoms with Crippen molar-refractivity contribution < 1.29 is 9.59 Å². The predicted octanol–water partition coefficient (Wildman–Crippen LogP) is 0.139. The Bertz CT molecular complexity index is 349. The largest absolute Gasteiger partial charge is 0.366 e. The standard InChI is InChI=1S/C8H9N3O2/c1-5(12)11-7-2-6(8(9)13)3-10-4-7/h2-4H,1H3,(H2,9,13)(H,11,12). The van der Waals surface area contributed by atoms with Gasteiger partial charge in [-0.05, 0) is 6.07 Å². The normalized spacial score (nSPS) is 9.31. The fraction of sp³-hybridized carbons (Fsp3) is 0.125. The maximum Gasteiger partial charge on any atom is 0.250 e. The molecule has 0 aliphatic heterocycles. The average molecular weight is 179 g/mol. The number of nitrogens with two attached hydrogens (primary N) is 1. The Morgan fingerprint density at radius 2 is 2.15 bits per heavy atom. The molecule has 1 aromatic heterocycles. The molecule has 0 bridgehead atoms. The number of pyridine rings is 1. The summed E-state index contributed by atoms with van der Waals surface area (Å²) in [5.41, 5.74) is 5.75. The zero-order valence-electron chi connectivity index (χ0n) is 7.07. The summed E-state index contributed by atoms with van der Waals surface area (Å²) in [6.07, 6.45) is 2.78. The van der Waals surface area contributed by atoms with Gasteiger partial charge in [-0.2, -0.15) is 0 Å². The Kier molecular flexibility index (Phi) is 2.59. The Hall–Kier alpha value is -1.91. The van der Waals surface area contributed by atoms with Crippen LogP contribution in [0.15, 0.2) is 18.5 Å². The molecular formula is C8H9N3O2. The SMILES string of the molecule is CC(=O)Nc1cncc(C(N)=O)c1. The minimum Gasteiger partial charge on any atom is -0.366 e. The monoisotopic (exact) mass is 179 g/mol. The number of carbonyl (C=O) groups is 2. The lowest BCUT2D eigenvalue weighted by Crippen LogP contribution is -2.13. The molecule has 1 heterocycles. The van der Waals surface area contributed by atoms with E-state index in [9.17, 15) is 9.59 Å². The second kappa shape index (κ2) is 3.66. The summed E-state index contributed by atoms with van der Waals surface area (Å²) in [6.45, 7) is 1.37. The van der Waals surface area contributed by atoms with Crippen molar-refractivity contribution in [3.63, 3.8) is 0 Å². The minimum atomic E-state index is -0.570. The van der Waals surface area contributed by atoms with Crippen LogP contribution in [0.5, 0.6) is 0 Å². The van der Waals surface area contributed by atoms with Gasteiger partial charge in [-0.25, -0.2) is 0 Å². The smallest absolute Gasteiger partial charge is 0.250 e. The third-order valence-corrected chi connectivity index (χ3v) is 1.34.